The molecule has 0 aromatic heterocycles. The third-order valence-corrected chi connectivity index (χ3v) is 6.04. The first-order valence-corrected chi connectivity index (χ1v) is 11.2. The van der Waals surface area contributed by atoms with Gasteiger partial charge < -0.3 is 0 Å². The van der Waals surface area contributed by atoms with E-state index < -0.39 is 0 Å². The number of carbonyl (C=O) groups is 2. The molecule has 5 aromatic rings. The van der Waals surface area contributed by atoms with Gasteiger partial charge in [0.1, 0.15) is 12.6 Å². The van der Waals surface area contributed by atoms with Crippen molar-refractivity contribution in [1.82, 2.24) is 0 Å². The number of aldehydes is 2. The molecule has 162 valence electrons. The summed E-state index contributed by atoms with van der Waals surface area (Å²) in [6.45, 7) is 0. The summed E-state index contributed by atoms with van der Waals surface area (Å²) in [5, 5.41) is 4.71. The van der Waals surface area contributed by atoms with Crippen LogP contribution in [0.3, 0.4) is 0 Å². The van der Waals surface area contributed by atoms with Gasteiger partial charge in [0.15, 0.2) is 0 Å². The van der Waals surface area contributed by atoms with Gasteiger partial charge in [0, 0.05) is 11.1 Å². The van der Waals surface area contributed by atoms with E-state index in [0.29, 0.717) is 11.1 Å². The average Bonchev–Trinajstić information content (AvgIpc) is 2.91. The molecule has 5 rings (SSSR count). The second kappa shape index (κ2) is 9.51. The van der Waals surface area contributed by atoms with E-state index in [-0.39, 0.29) is 0 Å². The van der Waals surface area contributed by atoms with Crippen molar-refractivity contribution in [3.63, 3.8) is 0 Å². The summed E-state index contributed by atoms with van der Waals surface area (Å²) >= 11 is 0. The highest BCUT2D eigenvalue weighted by molar-refractivity contribution is 6.14. The third kappa shape index (κ3) is 4.22. The van der Waals surface area contributed by atoms with Crippen molar-refractivity contribution in [3.05, 3.63) is 130 Å². The lowest BCUT2D eigenvalue weighted by Crippen LogP contribution is -1.89. The van der Waals surface area contributed by atoms with Crippen molar-refractivity contribution in [2.75, 3.05) is 0 Å². The van der Waals surface area contributed by atoms with Crippen LogP contribution in [0, 0.1) is 0 Å². The Morgan fingerprint density at radius 1 is 0.353 bits per heavy atom. The maximum Gasteiger partial charge on any atom is 0.150 e. The maximum atomic E-state index is 11.0. The molecule has 0 radical (unpaired) electrons. The Morgan fingerprint density at radius 3 is 0.941 bits per heavy atom. The SMILES string of the molecule is O=Cc1ccc(/C=C/c2c3ccccc3c(/C=C/c3ccc(C=O)cc3)c3ccccc23)cc1. The van der Waals surface area contributed by atoms with E-state index in [1.54, 1.807) is 0 Å². The van der Waals surface area contributed by atoms with Gasteiger partial charge in [-0.2, -0.15) is 0 Å². The number of fused-ring (bicyclic) bond motifs is 2. The summed E-state index contributed by atoms with van der Waals surface area (Å²) < 4.78 is 0. The van der Waals surface area contributed by atoms with Gasteiger partial charge in [-0.15, -0.1) is 0 Å². The minimum Gasteiger partial charge on any atom is -0.298 e. The zero-order chi connectivity index (χ0) is 23.3. The molecule has 0 saturated carbocycles. The first kappa shape index (κ1) is 21.3. The molecule has 0 spiro atoms. The Kier molecular flexibility index (Phi) is 5.96. The molecule has 0 N–H and O–H groups in total. The number of carbonyl (C=O) groups excluding carboxylic acids is 2. The number of hydrogen-bond acceptors (Lipinski definition) is 2. The Labute approximate surface area is 198 Å². The van der Waals surface area contributed by atoms with Crippen LogP contribution in [0.5, 0.6) is 0 Å². The monoisotopic (exact) mass is 438 g/mol. The van der Waals surface area contributed by atoms with Crippen LogP contribution in [-0.2, 0) is 0 Å². The molecule has 5 aromatic carbocycles. The van der Waals surface area contributed by atoms with Gasteiger partial charge in [0.05, 0.1) is 0 Å². The predicted octanol–water partition coefficient (Wildman–Crippen LogP) is 7.96. The van der Waals surface area contributed by atoms with E-state index in [4.69, 9.17) is 0 Å². The van der Waals surface area contributed by atoms with Crippen LogP contribution in [0.2, 0.25) is 0 Å². The van der Waals surface area contributed by atoms with E-state index >= 15 is 0 Å². The maximum absolute atomic E-state index is 11.0. The van der Waals surface area contributed by atoms with Gasteiger partial charge in [-0.05, 0) is 43.8 Å². The van der Waals surface area contributed by atoms with Gasteiger partial charge in [0.25, 0.3) is 0 Å². The Bertz CT molecular complexity index is 1380. The van der Waals surface area contributed by atoms with Crippen molar-refractivity contribution >= 4 is 58.4 Å². The van der Waals surface area contributed by atoms with Crippen molar-refractivity contribution in [1.29, 1.82) is 0 Å². The van der Waals surface area contributed by atoms with Crippen LogP contribution < -0.4 is 0 Å². The first-order chi connectivity index (χ1) is 16.8. The normalized spacial score (nSPS) is 11.5. The van der Waals surface area contributed by atoms with Gasteiger partial charge in [-0.25, -0.2) is 0 Å². The van der Waals surface area contributed by atoms with Gasteiger partial charge in [-0.3, -0.25) is 9.59 Å². The van der Waals surface area contributed by atoms with E-state index in [0.717, 1.165) is 34.8 Å². The molecule has 0 aliphatic rings. The number of benzene rings is 5. The summed E-state index contributed by atoms with van der Waals surface area (Å²) in [6, 6.07) is 32.1. The van der Waals surface area contributed by atoms with Crippen LogP contribution in [0.4, 0.5) is 0 Å². The molecule has 34 heavy (non-hydrogen) atoms. The first-order valence-electron chi connectivity index (χ1n) is 11.2. The van der Waals surface area contributed by atoms with Crippen molar-refractivity contribution in [3.8, 4) is 0 Å². The van der Waals surface area contributed by atoms with Crippen molar-refractivity contribution in [2.24, 2.45) is 0 Å². The summed E-state index contributed by atoms with van der Waals surface area (Å²) in [7, 11) is 0. The Balaban J connectivity index is 1.65. The van der Waals surface area contributed by atoms with Crippen molar-refractivity contribution < 1.29 is 9.59 Å². The minimum atomic E-state index is 0.671. The summed E-state index contributed by atoms with van der Waals surface area (Å²) in [6.07, 6.45) is 10.2. The fraction of sp³-hybridized carbons (Fsp3) is 0. The quantitative estimate of drug-likeness (QED) is 0.153. The smallest absolute Gasteiger partial charge is 0.150 e. The molecule has 0 unspecified atom stereocenters. The van der Waals surface area contributed by atoms with E-state index in [1.165, 1.54) is 21.5 Å². The second-order valence-electron chi connectivity index (χ2n) is 8.15. The van der Waals surface area contributed by atoms with Gasteiger partial charge in [0.2, 0.25) is 0 Å². The fourth-order valence-corrected chi connectivity index (χ4v) is 4.29. The lowest BCUT2D eigenvalue weighted by Gasteiger charge is -2.13. The largest absolute Gasteiger partial charge is 0.298 e. The zero-order valence-corrected chi connectivity index (χ0v) is 18.5. The van der Waals surface area contributed by atoms with E-state index in [1.807, 2.05) is 48.5 Å². The predicted molar refractivity (Wildman–Crippen MR) is 143 cm³/mol. The fourth-order valence-electron chi connectivity index (χ4n) is 4.29. The summed E-state index contributed by atoms with van der Waals surface area (Å²) in [5.41, 5.74) is 5.76. The molecule has 0 atom stereocenters. The lowest BCUT2D eigenvalue weighted by atomic mass is 9.90. The zero-order valence-electron chi connectivity index (χ0n) is 18.5. The number of rotatable bonds is 6. The minimum absolute atomic E-state index is 0.671. The van der Waals surface area contributed by atoms with Crippen LogP contribution in [0.25, 0.3) is 45.8 Å². The molecule has 0 bridgehead atoms. The molecule has 2 heteroatoms. The van der Waals surface area contributed by atoms with Gasteiger partial charge >= 0.3 is 0 Å². The van der Waals surface area contributed by atoms with E-state index in [2.05, 4.69) is 72.8 Å². The molecule has 0 aliphatic carbocycles. The lowest BCUT2D eigenvalue weighted by molar-refractivity contribution is 0.111. The molecular weight excluding hydrogens is 416 g/mol. The van der Waals surface area contributed by atoms with E-state index in [9.17, 15) is 9.59 Å². The topological polar surface area (TPSA) is 34.1 Å². The van der Waals surface area contributed by atoms with Crippen LogP contribution in [0.1, 0.15) is 43.0 Å². The molecule has 0 saturated heterocycles. The third-order valence-electron chi connectivity index (χ3n) is 6.04. The number of hydrogen-bond donors (Lipinski definition) is 0. The summed E-state index contributed by atoms with van der Waals surface area (Å²) in [5.74, 6) is 0. The Morgan fingerprint density at radius 2 is 0.647 bits per heavy atom. The highest BCUT2D eigenvalue weighted by Gasteiger charge is 2.10. The Hall–Kier alpha value is -4.56. The highest BCUT2D eigenvalue weighted by atomic mass is 16.1. The standard InChI is InChI=1S/C32H22O2/c33-21-25-13-9-23(10-14-25)17-19-31-27-5-1-2-6-28(27)32(30-8-4-3-7-29(30)31)20-18-24-11-15-26(22-34)16-12-24/h1-22H/b19-17+,20-18+. The van der Waals surface area contributed by atoms with Crippen LogP contribution in [0.15, 0.2) is 97.1 Å². The van der Waals surface area contributed by atoms with Crippen LogP contribution in [-0.4, -0.2) is 12.6 Å². The van der Waals surface area contributed by atoms with Crippen molar-refractivity contribution in [2.45, 2.75) is 0 Å². The molecule has 2 nitrogen and oxygen atoms in total. The second-order valence-corrected chi connectivity index (χ2v) is 8.15. The van der Waals surface area contributed by atoms with Crippen LogP contribution >= 0.6 is 0 Å². The molecule has 0 amide bonds. The molecular formula is C32H22O2. The van der Waals surface area contributed by atoms with Gasteiger partial charge in [-0.1, -0.05) is 121 Å². The molecule has 0 fully saturated rings. The molecule has 0 heterocycles. The molecule has 0 aliphatic heterocycles. The summed E-state index contributed by atoms with van der Waals surface area (Å²) in [4.78, 5) is 21.9. The highest BCUT2D eigenvalue weighted by Crippen LogP contribution is 2.35. The average molecular weight is 439 g/mol.